The van der Waals surface area contributed by atoms with Crippen LogP contribution in [0.15, 0.2) is 22.7 Å². The predicted octanol–water partition coefficient (Wildman–Crippen LogP) is 5.66. The van der Waals surface area contributed by atoms with Crippen molar-refractivity contribution < 1.29 is 4.39 Å². The van der Waals surface area contributed by atoms with Crippen LogP contribution < -0.4 is 0 Å². The first-order valence-corrected chi connectivity index (χ1v) is 8.23. The molecule has 1 aliphatic rings. The molecule has 5 heteroatoms. The van der Waals surface area contributed by atoms with Crippen LogP contribution in [-0.2, 0) is 0 Å². The summed E-state index contributed by atoms with van der Waals surface area (Å²) in [5, 5.41) is 0.422. The van der Waals surface area contributed by atoms with Crippen molar-refractivity contribution in [3.05, 3.63) is 44.9 Å². The van der Waals surface area contributed by atoms with Crippen molar-refractivity contribution in [2.24, 2.45) is 0 Å². The second-order valence-electron chi connectivity index (χ2n) is 5.48. The summed E-state index contributed by atoms with van der Waals surface area (Å²) >= 11 is 9.77. The molecular formula is C16H15BrClFN2. The fraction of sp³-hybridized carbons (Fsp3) is 0.375. The molecule has 0 unspecified atom stereocenters. The van der Waals surface area contributed by atoms with Crippen molar-refractivity contribution in [1.29, 1.82) is 0 Å². The monoisotopic (exact) mass is 368 g/mol. The van der Waals surface area contributed by atoms with Crippen molar-refractivity contribution in [1.82, 2.24) is 9.97 Å². The molecule has 0 N–H and O–H groups in total. The number of hydrogen-bond acceptors (Lipinski definition) is 2. The van der Waals surface area contributed by atoms with Gasteiger partial charge < -0.3 is 0 Å². The lowest BCUT2D eigenvalue weighted by Crippen LogP contribution is -2.03. The fourth-order valence-corrected chi connectivity index (χ4v) is 3.58. The van der Waals surface area contributed by atoms with Gasteiger partial charge in [0.2, 0.25) is 0 Å². The van der Waals surface area contributed by atoms with E-state index in [1.54, 1.807) is 6.07 Å². The van der Waals surface area contributed by atoms with Gasteiger partial charge in [-0.15, -0.1) is 0 Å². The van der Waals surface area contributed by atoms with Crippen molar-refractivity contribution >= 4 is 27.5 Å². The summed E-state index contributed by atoms with van der Waals surface area (Å²) in [4.78, 5) is 9.06. The highest BCUT2D eigenvalue weighted by molar-refractivity contribution is 9.10. The van der Waals surface area contributed by atoms with Crippen LogP contribution >= 0.6 is 27.5 Å². The van der Waals surface area contributed by atoms with Gasteiger partial charge in [-0.1, -0.05) is 24.4 Å². The lowest BCUT2D eigenvalue weighted by atomic mass is 10.0. The van der Waals surface area contributed by atoms with Gasteiger partial charge in [-0.25, -0.2) is 14.4 Å². The third kappa shape index (κ3) is 2.97. The Morgan fingerprint density at radius 2 is 1.95 bits per heavy atom. The van der Waals surface area contributed by atoms with Crippen LogP contribution in [0.4, 0.5) is 4.39 Å². The molecule has 0 aliphatic heterocycles. The summed E-state index contributed by atoms with van der Waals surface area (Å²) in [5.41, 5.74) is 2.61. The van der Waals surface area contributed by atoms with E-state index in [1.807, 2.05) is 6.92 Å². The topological polar surface area (TPSA) is 25.8 Å². The smallest absolute Gasteiger partial charge is 0.161 e. The Balaban J connectivity index is 2.10. The Morgan fingerprint density at radius 3 is 2.62 bits per heavy atom. The number of aromatic nitrogens is 2. The van der Waals surface area contributed by atoms with Crippen LogP contribution in [0.3, 0.4) is 0 Å². The maximum atomic E-state index is 13.3. The Kier molecular flexibility index (Phi) is 4.27. The Bertz CT molecular complexity index is 684. The normalized spacial score (nSPS) is 15.6. The predicted molar refractivity (Wildman–Crippen MR) is 86.1 cm³/mol. The van der Waals surface area contributed by atoms with Gasteiger partial charge in [0.25, 0.3) is 0 Å². The average molecular weight is 370 g/mol. The van der Waals surface area contributed by atoms with Crippen molar-refractivity contribution in [2.45, 2.75) is 38.5 Å². The molecule has 0 spiro atoms. The quantitative estimate of drug-likeness (QED) is 0.638. The lowest BCUT2D eigenvalue weighted by Gasteiger charge is -2.14. The second kappa shape index (κ2) is 6.01. The molecule has 21 heavy (non-hydrogen) atoms. The van der Waals surface area contributed by atoms with Gasteiger partial charge in [0.05, 0.1) is 10.2 Å². The molecule has 1 saturated carbocycles. The highest BCUT2D eigenvalue weighted by atomic mass is 79.9. The van der Waals surface area contributed by atoms with Gasteiger partial charge in [0, 0.05) is 11.5 Å². The molecule has 0 atom stereocenters. The van der Waals surface area contributed by atoms with E-state index in [-0.39, 0.29) is 5.82 Å². The van der Waals surface area contributed by atoms with Gasteiger partial charge in [-0.2, -0.15) is 0 Å². The molecule has 1 aromatic heterocycles. The van der Waals surface area contributed by atoms with Gasteiger partial charge in [-0.05, 0) is 59.5 Å². The molecule has 0 saturated heterocycles. The summed E-state index contributed by atoms with van der Waals surface area (Å²) in [6.07, 6.45) is 4.72. The van der Waals surface area contributed by atoms with Gasteiger partial charge in [-0.3, -0.25) is 0 Å². The average Bonchev–Trinajstić information content (AvgIpc) is 2.96. The number of aryl methyl sites for hydroxylation is 1. The molecule has 1 aliphatic carbocycles. The lowest BCUT2D eigenvalue weighted by molar-refractivity contribution is 0.626. The van der Waals surface area contributed by atoms with Crippen LogP contribution in [0.25, 0.3) is 11.4 Å². The highest BCUT2D eigenvalue weighted by Crippen LogP contribution is 2.39. The van der Waals surface area contributed by atoms with Crippen molar-refractivity contribution in [3.8, 4) is 11.4 Å². The zero-order chi connectivity index (χ0) is 15.0. The summed E-state index contributed by atoms with van der Waals surface area (Å²) < 4.78 is 14.0. The number of rotatable bonds is 2. The van der Waals surface area contributed by atoms with Crippen molar-refractivity contribution in [2.75, 3.05) is 0 Å². The van der Waals surface area contributed by atoms with E-state index in [4.69, 9.17) is 16.6 Å². The van der Waals surface area contributed by atoms with E-state index in [0.29, 0.717) is 16.9 Å². The summed E-state index contributed by atoms with van der Waals surface area (Å²) in [5.74, 6) is 0.748. The molecule has 0 radical (unpaired) electrons. The van der Waals surface area contributed by atoms with Crippen LogP contribution in [0.2, 0.25) is 5.15 Å². The zero-order valence-electron chi connectivity index (χ0n) is 11.7. The largest absolute Gasteiger partial charge is 0.231 e. The Labute approximate surface area is 136 Å². The fourth-order valence-electron chi connectivity index (χ4n) is 2.90. The summed E-state index contributed by atoms with van der Waals surface area (Å²) in [7, 11) is 0. The third-order valence-corrected chi connectivity index (χ3v) is 5.29. The zero-order valence-corrected chi connectivity index (χ0v) is 14.0. The second-order valence-corrected chi connectivity index (χ2v) is 6.63. The van der Waals surface area contributed by atoms with Gasteiger partial charge >= 0.3 is 0 Å². The molecule has 3 rings (SSSR count). The Hall–Kier alpha value is -1.00. The van der Waals surface area contributed by atoms with E-state index in [2.05, 4.69) is 20.9 Å². The maximum absolute atomic E-state index is 13.3. The molecule has 2 aromatic rings. The first-order chi connectivity index (χ1) is 10.1. The summed E-state index contributed by atoms with van der Waals surface area (Å²) in [6, 6.07) is 4.63. The van der Waals surface area contributed by atoms with Crippen LogP contribution in [0.5, 0.6) is 0 Å². The van der Waals surface area contributed by atoms with Crippen LogP contribution in [0, 0.1) is 12.7 Å². The molecule has 1 heterocycles. The first kappa shape index (κ1) is 14.9. The SMILES string of the molecule is Cc1cc(F)ccc1-c1nc(Cl)c(Br)c(C2CCCC2)n1. The van der Waals surface area contributed by atoms with E-state index < -0.39 is 0 Å². The Morgan fingerprint density at radius 1 is 1.24 bits per heavy atom. The maximum Gasteiger partial charge on any atom is 0.161 e. The third-order valence-electron chi connectivity index (χ3n) is 4.01. The number of nitrogens with zero attached hydrogens (tertiary/aromatic N) is 2. The minimum Gasteiger partial charge on any atom is -0.231 e. The molecule has 1 aromatic carbocycles. The highest BCUT2D eigenvalue weighted by Gasteiger charge is 2.24. The van der Waals surface area contributed by atoms with E-state index >= 15 is 0 Å². The van der Waals surface area contributed by atoms with Crippen LogP contribution in [0.1, 0.15) is 42.9 Å². The standard InChI is InChI=1S/C16H15BrClFN2/c1-9-8-11(19)6-7-12(9)16-20-14(10-4-2-3-5-10)13(17)15(18)21-16/h6-8,10H,2-5H2,1H3. The van der Waals surface area contributed by atoms with Crippen molar-refractivity contribution in [3.63, 3.8) is 0 Å². The van der Waals surface area contributed by atoms with Gasteiger partial charge in [0.15, 0.2) is 5.82 Å². The van der Waals surface area contributed by atoms with E-state index in [9.17, 15) is 4.39 Å². The number of benzene rings is 1. The molecule has 2 nitrogen and oxygen atoms in total. The molecule has 0 amide bonds. The summed E-state index contributed by atoms with van der Waals surface area (Å²) in [6.45, 7) is 1.85. The molecule has 0 bridgehead atoms. The number of halogens is 3. The first-order valence-electron chi connectivity index (χ1n) is 7.05. The molecule has 1 fully saturated rings. The van der Waals surface area contributed by atoms with E-state index in [0.717, 1.165) is 34.1 Å². The minimum absolute atomic E-state index is 0.254. The van der Waals surface area contributed by atoms with E-state index in [1.165, 1.54) is 25.0 Å². The number of hydrogen-bond donors (Lipinski definition) is 0. The van der Waals surface area contributed by atoms with Crippen LogP contribution in [-0.4, -0.2) is 9.97 Å². The molecular weight excluding hydrogens is 355 g/mol. The van der Waals surface area contributed by atoms with Gasteiger partial charge in [0.1, 0.15) is 11.0 Å². The molecule has 110 valence electrons. The minimum atomic E-state index is -0.254.